The summed E-state index contributed by atoms with van der Waals surface area (Å²) in [6.07, 6.45) is -0.136. The van der Waals surface area contributed by atoms with E-state index in [2.05, 4.69) is 0 Å². The molecule has 24 heavy (non-hydrogen) atoms. The lowest BCUT2D eigenvalue weighted by atomic mass is 10.1. The average molecular weight is 361 g/mol. The maximum absolute atomic E-state index is 13.8. The molecule has 0 bridgehead atoms. The molecule has 134 valence electrons. The minimum atomic E-state index is -3.91. The molecule has 0 saturated carbocycles. The fourth-order valence-electron chi connectivity index (χ4n) is 2.56. The van der Waals surface area contributed by atoms with Gasteiger partial charge in [-0.1, -0.05) is 0 Å². The predicted octanol–water partition coefficient (Wildman–Crippen LogP) is 3.14. The number of carbonyl (C=O) groups excluding carboxylic acids is 1. The molecule has 1 aromatic carbocycles. The second kappa shape index (κ2) is 6.66. The number of hydrogen-bond acceptors (Lipinski definition) is 4. The standard InChI is InChI=1S/C16H21F2NO4S/c1-16(2,3)23-15(20)19-8-6-12(7-9-19)24(21,22)14-5-4-11(17)10-13(14)18/h4-5,10,12H,6-9H2,1-3H3. The molecule has 5 nitrogen and oxygen atoms in total. The number of sulfone groups is 1. The molecule has 1 saturated heterocycles. The van der Waals surface area contributed by atoms with Crippen LogP contribution in [0.2, 0.25) is 0 Å². The largest absolute Gasteiger partial charge is 0.444 e. The summed E-state index contributed by atoms with van der Waals surface area (Å²) in [5, 5.41) is -0.809. The van der Waals surface area contributed by atoms with Gasteiger partial charge in [0.15, 0.2) is 9.84 Å². The van der Waals surface area contributed by atoms with E-state index in [-0.39, 0.29) is 25.9 Å². The van der Waals surface area contributed by atoms with E-state index in [0.717, 1.165) is 12.1 Å². The Morgan fingerprint density at radius 3 is 2.29 bits per heavy atom. The second-order valence-corrected chi connectivity index (χ2v) is 8.98. The maximum atomic E-state index is 13.8. The van der Waals surface area contributed by atoms with Gasteiger partial charge in [-0.3, -0.25) is 0 Å². The molecular formula is C16H21F2NO4S. The highest BCUT2D eigenvalue weighted by atomic mass is 32.2. The predicted molar refractivity (Wildman–Crippen MR) is 84.4 cm³/mol. The lowest BCUT2D eigenvalue weighted by Gasteiger charge is -2.33. The lowest BCUT2D eigenvalue weighted by molar-refractivity contribution is 0.0217. The smallest absolute Gasteiger partial charge is 0.410 e. The van der Waals surface area contributed by atoms with Crippen LogP contribution in [-0.4, -0.2) is 43.4 Å². The van der Waals surface area contributed by atoms with Gasteiger partial charge in [0.25, 0.3) is 0 Å². The summed E-state index contributed by atoms with van der Waals surface area (Å²) in [6.45, 7) is 5.67. The minimum absolute atomic E-state index is 0.179. The maximum Gasteiger partial charge on any atom is 0.410 e. The van der Waals surface area contributed by atoms with Crippen molar-refractivity contribution in [3.05, 3.63) is 29.8 Å². The van der Waals surface area contributed by atoms with Gasteiger partial charge in [0, 0.05) is 19.2 Å². The molecular weight excluding hydrogens is 340 g/mol. The molecule has 1 fully saturated rings. The van der Waals surface area contributed by atoms with Crippen molar-refractivity contribution in [1.29, 1.82) is 0 Å². The van der Waals surface area contributed by atoms with Gasteiger partial charge in [-0.2, -0.15) is 0 Å². The van der Waals surface area contributed by atoms with E-state index in [0.29, 0.717) is 6.07 Å². The first-order chi connectivity index (χ1) is 11.0. The summed E-state index contributed by atoms with van der Waals surface area (Å²) >= 11 is 0. The van der Waals surface area contributed by atoms with Gasteiger partial charge < -0.3 is 9.64 Å². The quantitative estimate of drug-likeness (QED) is 0.759. The van der Waals surface area contributed by atoms with Crippen molar-refractivity contribution in [1.82, 2.24) is 4.90 Å². The number of ether oxygens (including phenoxy) is 1. The van der Waals surface area contributed by atoms with E-state index in [1.165, 1.54) is 4.90 Å². The van der Waals surface area contributed by atoms with Crippen LogP contribution in [0.3, 0.4) is 0 Å². The topological polar surface area (TPSA) is 63.7 Å². The van der Waals surface area contributed by atoms with Gasteiger partial charge >= 0.3 is 6.09 Å². The van der Waals surface area contributed by atoms with Crippen molar-refractivity contribution in [3.8, 4) is 0 Å². The Morgan fingerprint density at radius 2 is 1.79 bits per heavy atom. The summed E-state index contributed by atoms with van der Waals surface area (Å²) in [7, 11) is -3.91. The first-order valence-corrected chi connectivity index (χ1v) is 9.22. The van der Waals surface area contributed by atoms with Gasteiger partial charge in [-0.05, 0) is 45.7 Å². The Morgan fingerprint density at radius 1 is 1.21 bits per heavy atom. The van der Waals surface area contributed by atoms with Crippen molar-refractivity contribution in [2.45, 2.75) is 49.4 Å². The van der Waals surface area contributed by atoms with Crippen LogP contribution in [0.25, 0.3) is 0 Å². The highest BCUT2D eigenvalue weighted by Crippen LogP contribution is 2.27. The van der Waals surface area contributed by atoms with Crippen molar-refractivity contribution in [2.75, 3.05) is 13.1 Å². The molecule has 8 heteroatoms. The lowest BCUT2D eigenvalue weighted by Crippen LogP contribution is -2.44. The molecule has 1 aromatic rings. The molecule has 0 radical (unpaired) electrons. The number of halogens is 2. The van der Waals surface area contributed by atoms with E-state index in [9.17, 15) is 22.0 Å². The van der Waals surface area contributed by atoms with E-state index in [1.54, 1.807) is 20.8 Å². The van der Waals surface area contributed by atoms with Gasteiger partial charge in [0.05, 0.1) is 5.25 Å². The molecule has 0 aromatic heterocycles. The number of rotatable bonds is 2. The molecule has 0 spiro atoms. The summed E-state index contributed by atoms with van der Waals surface area (Å²) in [6, 6.07) is 2.43. The third kappa shape index (κ3) is 4.23. The molecule has 1 aliphatic rings. The van der Waals surface area contributed by atoms with Crippen molar-refractivity contribution < 1.29 is 26.7 Å². The Kier molecular flexibility index (Phi) is 5.17. The summed E-state index contributed by atoms with van der Waals surface area (Å²) in [5.74, 6) is -1.92. The third-order valence-corrected chi connectivity index (χ3v) is 6.03. The molecule has 1 aliphatic heterocycles. The number of carbonyl (C=O) groups is 1. The first-order valence-electron chi connectivity index (χ1n) is 7.67. The van der Waals surface area contributed by atoms with E-state index < -0.39 is 43.3 Å². The Labute approximate surface area is 140 Å². The first kappa shape index (κ1) is 18.6. The van der Waals surface area contributed by atoms with E-state index >= 15 is 0 Å². The summed E-state index contributed by atoms with van der Waals surface area (Å²) in [5.41, 5.74) is -0.628. The Balaban J connectivity index is 2.07. The highest BCUT2D eigenvalue weighted by molar-refractivity contribution is 7.92. The summed E-state index contributed by atoms with van der Waals surface area (Å²) < 4.78 is 57.1. The number of likely N-dealkylation sites (tertiary alicyclic amines) is 1. The van der Waals surface area contributed by atoms with Crippen LogP contribution in [0, 0.1) is 11.6 Å². The SMILES string of the molecule is CC(C)(C)OC(=O)N1CCC(S(=O)(=O)c2ccc(F)cc2F)CC1. The van der Waals surface area contributed by atoms with Crippen molar-refractivity contribution >= 4 is 15.9 Å². The zero-order valence-electron chi connectivity index (χ0n) is 13.9. The Hall–Kier alpha value is -1.70. The molecule has 2 rings (SSSR count). The van der Waals surface area contributed by atoms with E-state index in [4.69, 9.17) is 4.74 Å². The van der Waals surface area contributed by atoms with E-state index in [1.807, 2.05) is 0 Å². The van der Waals surface area contributed by atoms with Crippen LogP contribution in [0.4, 0.5) is 13.6 Å². The zero-order valence-corrected chi connectivity index (χ0v) is 14.7. The fraction of sp³-hybridized carbons (Fsp3) is 0.562. The molecule has 0 N–H and O–H groups in total. The van der Waals surface area contributed by atoms with Gasteiger partial charge in [-0.25, -0.2) is 22.0 Å². The van der Waals surface area contributed by atoms with Gasteiger partial charge in [0.1, 0.15) is 22.1 Å². The normalized spacial score (nSPS) is 17.0. The number of piperidine rings is 1. The summed E-state index contributed by atoms with van der Waals surface area (Å²) in [4.78, 5) is 12.9. The number of nitrogens with zero attached hydrogens (tertiary/aromatic N) is 1. The van der Waals surface area contributed by atoms with Crippen LogP contribution in [0.1, 0.15) is 33.6 Å². The Bertz CT molecular complexity index is 720. The van der Waals surface area contributed by atoms with Crippen LogP contribution in [-0.2, 0) is 14.6 Å². The van der Waals surface area contributed by atoms with Crippen molar-refractivity contribution in [2.24, 2.45) is 0 Å². The third-order valence-electron chi connectivity index (χ3n) is 3.73. The molecule has 0 unspecified atom stereocenters. The molecule has 1 heterocycles. The van der Waals surface area contributed by atoms with Crippen molar-refractivity contribution in [3.63, 3.8) is 0 Å². The molecule has 0 atom stereocenters. The zero-order chi connectivity index (χ0) is 18.1. The number of hydrogen-bond donors (Lipinski definition) is 0. The highest BCUT2D eigenvalue weighted by Gasteiger charge is 2.35. The second-order valence-electron chi connectivity index (χ2n) is 6.79. The van der Waals surface area contributed by atoms with Crippen LogP contribution in [0.15, 0.2) is 23.1 Å². The molecule has 0 aliphatic carbocycles. The van der Waals surface area contributed by atoms with Crippen LogP contribution in [0.5, 0.6) is 0 Å². The van der Waals surface area contributed by atoms with Crippen LogP contribution >= 0.6 is 0 Å². The fourth-order valence-corrected chi connectivity index (χ4v) is 4.34. The van der Waals surface area contributed by atoms with Gasteiger partial charge in [0.2, 0.25) is 0 Å². The van der Waals surface area contributed by atoms with Crippen LogP contribution < -0.4 is 0 Å². The minimum Gasteiger partial charge on any atom is -0.444 e. The van der Waals surface area contributed by atoms with Gasteiger partial charge in [-0.15, -0.1) is 0 Å². The number of benzene rings is 1. The monoisotopic (exact) mass is 361 g/mol. The number of amides is 1. The molecule has 1 amide bonds. The average Bonchev–Trinajstić information content (AvgIpc) is 2.45.